The molecule has 112 valence electrons. The number of aliphatic carboxylic acids is 1. The predicted octanol–water partition coefficient (Wildman–Crippen LogP) is 1.69. The second-order valence-electron chi connectivity index (χ2n) is 3.51. The van der Waals surface area contributed by atoms with Crippen LogP contribution in [0.2, 0.25) is 5.02 Å². The summed E-state index contributed by atoms with van der Waals surface area (Å²) in [4.78, 5) is 9.72. The molecular formula is C10H10ClF2NO5S. The van der Waals surface area contributed by atoms with Gasteiger partial charge in [0.25, 0.3) is 0 Å². The molecule has 1 aromatic rings. The van der Waals surface area contributed by atoms with Gasteiger partial charge in [0.1, 0.15) is 10.6 Å². The maximum atomic E-state index is 12.2. The van der Waals surface area contributed by atoms with Crippen LogP contribution in [0.15, 0.2) is 23.1 Å². The highest BCUT2D eigenvalue weighted by atomic mass is 35.5. The third-order valence-corrected chi connectivity index (χ3v) is 3.76. The molecule has 0 aliphatic carbocycles. The molecule has 0 aromatic heterocycles. The van der Waals surface area contributed by atoms with Gasteiger partial charge in [0.05, 0.1) is 6.42 Å². The zero-order chi connectivity index (χ0) is 15.3. The van der Waals surface area contributed by atoms with Crippen LogP contribution in [0.25, 0.3) is 0 Å². The summed E-state index contributed by atoms with van der Waals surface area (Å²) in [6.45, 7) is -3.60. The number of hydrogen-bond acceptors (Lipinski definition) is 4. The van der Waals surface area contributed by atoms with E-state index in [1.807, 2.05) is 4.72 Å². The third kappa shape index (κ3) is 4.91. The maximum absolute atomic E-state index is 12.2. The molecule has 0 fully saturated rings. The lowest BCUT2D eigenvalue weighted by atomic mass is 10.3. The van der Waals surface area contributed by atoms with Crippen molar-refractivity contribution in [2.75, 3.05) is 6.54 Å². The van der Waals surface area contributed by atoms with Crippen LogP contribution in [0.5, 0.6) is 5.75 Å². The molecule has 0 heterocycles. The minimum absolute atomic E-state index is 0.00484. The van der Waals surface area contributed by atoms with E-state index in [0.717, 1.165) is 12.1 Å². The molecule has 2 N–H and O–H groups in total. The Hall–Kier alpha value is -1.45. The highest BCUT2D eigenvalue weighted by molar-refractivity contribution is 7.89. The van der Waals surface area contributed by atoms with Crippen LogP contribution in [0.4, 0.5) is 8.78 Å². The first kappa shape index (κ1) is 16.6. The molecule has 0 aliphatic rings. The van der Waals surface area contributed by atoms with Gasteiger partial charge < -0.3 is 9.84 Å². The van der Waals surface area contributed by atoms with E-state index in [9.17, 15) is 22.0 Å². The van der Waals surface area contributed by atoms with E-state index >= 15 is 0 Å². The second-order valence-corrected chi connectivity index (χ2v) is 5.68. The van der Waals surface area contributed by atoms with E-state index < -0.39 is 46.2 Å². The second kappa shape index (κ2) is 6.82. The number of halogens is 3. The molecule has 0 saturated carbocycles. The number of carboxylic acids is 1. The number of rotatable bonds is 7. The van der Waals surface area contributed by atoms with Crippen LogP contribution >= 0.6 is 11.6 Å². The number of hydrogen-bond donors (Lipinski definition) is 2. The van der Waals surface area contributed by atoms with Crippen LogP contribution in [0.1, 0.15) is 6.42 Å². The summed E-state index contributed by atoms with van der Waals surface area (Å²) in [5.41, 5.74) is 0. The minimum Gasteiger partial charge on any atom is -0.481 e. The Labute approximate surface area is 118 Å². The third-order valence-electron chi connectivity index (χ3n) is 2.04. The summed E-state index contributed by atoms with van der Waals surface area (Å²) in [7, 11) is -4.21. The maximum Gasteiger partial charge on any atom is 0.387 e. The molecule has 0 aliphatic heterocycles. The summed E-state index contributed by atoms with van der Waals surface area (Å²) in [5, 5.41) is 8.42. The first-order valence-electron chi connectivity index (χ1n) is 5.18. The Bertz CT molecular complexity index is 593. The molecule has 0 spiro atoms. The van der Waals surface area contributed by atoms with Crippen molar-refractivity contribution in [1.82, 2.24) is 4.72 Å². The smallest absolute Gasteiger partial charge is 0.387 e. The van der Waals surface area contributed by atoms with E-state index in [0.29, 0.717) is 0 Å². The van der Waals surface area contributed by atoms with Crippen LogP contribution in [0.3, 0.4) is 0 Å². The van der Waals surface area contributed by atoms with Gasteiger partial charge in [-0.3, -0.25) is 4.79 Å². The number of alkyl halides is 2. The van der Waals surface area contributed by atoms with Gasteiger partial charge in [-0.25, -0.2) is 13.1 Å². The Balaban J connectivity index is 3.02. The molecule has 0 saturated heterocycles. The van der Waals surface area contributed by atoms with Crippen LogP contribution in [-0.2, 0) is 14.8 Å². The number of carboxylic acid groups (broad SMARTS) is 1. The largest absolute Gasteiger partial charge is 0.481 e. The molecule has 0 unspecified atom stereocenters. The van der Waals surface area contributed by atoms with E-state index in [4.69, 9.17) is 16.7 Å². The Morgan fingerprint density at radius 2 is 2.10 bits per heavy atom. The van der Waals surface area contributed by atoms with Gasteiger partial charge in [0, 0.05) is 11.6 Å². The van der Waals surface area contributed by atoms with E-state index in [2.05, 4.69) is 4.74 Å². The van der Waals surface area contributed by atoms with Gasteiger partial charge in [-0.05, 0) is 18.2 Å². The van der Waals surface area contributed by atoms with Crippen molar-refractivity contribution in [1.29, 1.82) is 0 Å². The number of ether oxygens (including phenoxy) is 1. The van der Waals surface area contributed by atoms with Gasteiger partial charge in [-0.2, -0.15) is 8.78 Å². The monoisotopic (exact) mass is 329 g/mol. The van der Waals surface area contributed by atoms with Crippen molar-refractivity contribution in [2.45, 2.75) is 17.9 Å². The molecule has 0 amide bonds. The average molecular weight is 330 g/mol. The van der Waals surface area contributed by atoms with E-state index in [1.54, 1.807) is 0 Å². The fourth-order valence-electron chi connectivity index (χ4n) is 1.26. The van der Waals surface area contributed by atoms with Gasteiger partial charge >= 0.3 is 12.6 Å². The SMILES string of the molecule is O=C(O)CCNS(=O)(=O)c1cc(Cl)ccc1OC(F)F. The van der Waals surface area contributed by atoms with Crippen LogP contribution < -0.4 is 9.46 Å². The van der Waals surface area contributed by atoms with Crippen molar-refractivity contribution < 1.29 is 31.8 Å². The van der Waals surface area contributed by atoms with Crippen molar-refractivity contribution in [3.63, 3.8) is 0 Å². The summed E-state index contributed by atoms with van der Waals surface area (Å²) in [6.07, 6.45) is -0.454. The lowest BCUT2D eigenvalue weighted by molar-refractivity contribution is -0.136. The van der Waals surface area contributed by atoms with Gasteiger partial charge in [-0.1, -0.05) is 11.6 Å². The summed E-state index contributed by atoms with van der Waals surface area (Å²) in [6, 6.07) is 3.11. The predicted molar refractivity (Wildman–Crippen MR) is 65.5 cm³/mol. The van der Waals surface area contributed by atoms with E-state index in [1.165, 1.54) is 6.07 Å². The van der Waals surface area contributed by atoms with Crippen molar-refractivity contribution in [2.24, 2.45) is 0 Å². The summed E-state index contributed by atoms with van der Waals surface area (Å²) >= 11 is 5.61. The number of nitrogens with one attached hydrogen (secondary N) is 1. The van der Waals surface area contributed by atoms with Gasteiger partial charge in [-0.15, -0.1) is 0 Å². The molecule has 1 rings (SSSR count). The quantitative estimate of drug-likeness (QED) is 0.794. The standard InChI is InChI=1S/C10H10ClF2NO5S/c11-6-1-2-7(19-10(12)13)8(5-6)20(17,18)14-4-3-9(15)16/h1-2,5,10,14H,3-4H2,(H,15,16). The fourth-order valence-corrected chi connectivity index (χ4v) is 2.68. The zero-order valence-electron chi connectivity index (χ0n) is 9.85. The Morgan fingerprint density at radius 1 is 1.45 bits per heavy atom. The molecular weight excluding hydrogens is 320 g/mol. The Kier molecular flexibility index (Phi) is 5.66. The Morgan fingerprint density at radius 3 is 2.65 bits per heavy atom. The molecule has 0 bridgehead atoms. The first-order valence-corrected chi connectivity index (χ1v) is 7.04. The normalized spacial score (nSPS) is 11.6. The van der Waals surface area contributed by atoms with Crippen LogP contribution in [0, 0.1) is 0 Å². The van der Waals surface area contributed by atoms with Crippen molar-refractivity contribution in [3.8, 4) is 5.75 Å². The molecule has 0 radical (unpaired) electrons. The highest BCUT2D eigenvalue weighted by Crippen LogP contribution is 2.28. The first-order chi connectivity index (χ1) is 9.22. The van der Waals surface area contributed by atoms with Crippen LogP contribution in [-0.4, -0.2) is 32.6 Å². The molecule has 10 heteroatoms. The van der Waals surface area contributed by atoms with Gasteiger partial charge in [0.15, 0.2) is 0 Å². The van der Waals surface area contributed by atoms with Crippen molar-refractivity contribution in [3.05, 3.63) is 23.2 Å². The molecule has 0 atom stereocenters. The summed E-state index contributed by atoms with van der Waals surface area (Å²) in [5.74, 6) is -1.78. The highest BCUT2D eigenvalue weighted by Gasteiger charge is 2.22. The molecule has 1 aromatic carbocycles. The summed E-state index contributed by atoms with van der Waals surface area (Å²) < 4.78 is 54.2. The zero-order valence-corrected chi connectivity index (χ0v) is 11.4. The average Bonchev–Trinajstić information content (AvgIpc) is 2.30. The van der Waals surface area contributed by atoms with E-state index in [-0.39, 0.29) is 5.02 Å². The lowest BCUT2D eigenvalue weighted by Crippen LogP contribution is -2.27. The van der Waals surface area contributed by atoms with Crippen molar-refractivity contribution >= 4 is 27.6 Å². The molecule has 20 heavy (non-hydrogen) atoms. The number of benzene rings is 1. The topological polar surface area (TPSA) is 92.7 Å². The fraction of sp³-hybridized carbons (Fsp3) is 0.300. The van der Waals surface area contributed by atoms with Gasteiger partial charge in [0.2, 0.25) is 10.0 Å². The number of carbonyl (C=O) groups is 1. The molecule has 6 nitrogen and oxygen atoms in total. The lowest BCUT2D eigenvalue weighted by Gasteiger charge is -2.12. The minimum atomic E-state index is -4.21. The number of sulfonamides is 1.